The Kier molecular flexibility index (Phi) is 6.68. The summed E-state index contributed by atoms with van der Waals surface area (Å²) in [6.07, 6.45) is 5.96. The average molecular weight is 392 g/mol. The lowest BCUT2D eigenvalue weighted by Gasteiger charge is -2.21. The number of amides is 1. The van der Waals surface area contributed by atoms with Crippen molar-refractivity contribution in [3.63, 3.8) is 0 Å². The molecule has 2 unspecified atom stereocenters. The summed E-state index contributed by atoms with van der Waals surface area (Å²) < 4.78 is 0. The van der Waals surface area contributed by atoms with Crippen molar-refractivity contribution in [1.29, 1.82) is 0 Å². The Morgan fingerprint density at radius 1 is 1.27 bits per heavy atom. The number of rotatable bonds is 5. The minimum Gasteiger partial charge on any atom is -0.316 e. The summed E-state index contributed by atoms with van der Waals surface area (Å²) in [5.74, 6) is 1.34. The van der Waals surface area contributed by atoms with Gasteiger partial charge in [0, 0.05) is 11.3 Å². The highest BCUT2D eigenvalue weighted by Crippen LogP contribution is 2.36. The molecule has 4 rings (SSSR count). The molecule has 1 saturated heterocycles. The van der Waals surface area contributed by atoms with E-state index in [9.17, 15) is 4.79 Å². The summed E-state index contributed by atoms with van der Waals surface area (Å²) >= 11 is 1.66. The fraction of sp³-hybridized carbons (Fsp3) is 0.500. The van der Waals surface area contributed by atoms with Crippen molar-refractivity contribution in [2.45, 2.75) is 44.4 Å². The number of carbonyl (C=O) groups is 1. The molecule has 2 aliphatic rings. The van der Waals surface area contributed by atoms with Crippen molar-refractivity contribution in [2.24, 2.45) is 5.92 Å². The van der Waals surface area contributed by atoms with E-state index in [-0.39, 0.29) is 18.3 Å². The van der Waals surface area contributed by atoms with E-state index in [0.717, 1.165) is 43.9 Å². The molecule has 1 aromatic carbocycles. The number of benzene rings is 1. The number of nitrogens with zero attached hydrogens (tertiary/aromatic N) is 1. The van der Waals surface area contributed by atoms with E-state index in [4.69, 9.17) is 0 Å². The molecule has 4 nitrogen and oxygen atoms in total. The van der Waals surface area contributed by atoms with Crippen LogP contribution in [0.3, 0.4) is 0 Å². The van der Waals surface area contributed by atoms with E-state index in [1.807, 2.05) is 0 Å². The highest BCUT2D eigenvalue weighted by atomic mass is 35.5. The van der Waals surface area contributed by atoms with Crippen LogP contribution in [0.5, 0.6) is 0 Å². The van der Waals surface area contributed by atoms with Crippen molar-refractivity contribution < 1.29 is 4.79 Å². The molecule has 1 amide bonds. The zero-order chi connectivity index (χ0) is 17.1. The monoisotopic (exact) mass is 391 g/mol. The summed E-state index contributed by atoms with van der Waals surface area (Å²) in [6, 6.07) is 10.7. The molecular weight excluding hydrogens is 366 g/mol. The van der Waals surface area contributed by atoms with Gasteiger partial charge in [-0.05, 0) is 62.6 Å². The van der Waals surface area contributed by atoms with Crippen LogP contribution in [0, 0.1) is 5.92 Å². The second kappa shape index (κ2) is 8.98. The highest BCUT2D eigenvalue weighted by Gasteiger charge is 2.24. The van der Waals surface area contributed by atoms with Crippen molar-refractivity contribution in [1.82, 2.24) is 10.3 Å². The molecule has 1 aromatic heterocycles. The molecule has 2 N–H and O–H groups in total. The van der Waals surface area contributed by atoms with E-state index >= 15 is 0 Å². The summed E-state index contributed by atoms with van der Waals surface area (Å²) in [5.41, 5.74) is 2.60. The molecule has 1 fully saturated rings. The van der Waals surface area contributed by atoms with E-state index < -0.39 is 0 Å². The third-order valence-electron chi connectivity index (χ3n) is 5.40. The molecule has 1 aliphatic carbocycles. The quantitative estimate of drug-likeness (QED) is 0.804. The molecule has 0 bridgehead atoms. The molecular formula is C20H26ClN3OS. The normalized spacial score (nSPS) is 21.7. The number of aryl methyl sites for hydroxylation is 1. The third kappa shape index (κ3) is 4.64. The van der Waals surface area contributed by atoms with E-state index in [1.54, 1.807) is 11.3 Å². The largest absolute Gasteiger partial charge is 0.316 e. The maximum absolute atomic E-state index is 12.2. The van der Waals surface area contributed by atoms with Crippen molar-refractivity contribution in [2.75, 3.05) is 18.4 Å². The molecule has 0 spiro atoms. The second-order valence-corrected chi connectivity index (χ2v) is 8.27. The summed E-state index contributed by atoms with van der Waals surface area (Å²) in [6.45, 7) is 2.15. The van der Waals surface area contributed by atoms with E-state index in [0.29, 0.717) is 18.3 Å². The third-order valence-corrected chi connectivity index (χ3v) is 6.43. The number of hydrogen-bond acceptors (Lipinski definition) is 4. The number of anilines is 1. The summed E-state index contributed by atoms with van der Waals surface area (Å²) in [7, 11) is 0. The molecule has 26 heavy (non-hydrogen) atoms. The van der Waals surface area contributed by atoms with Gasteiger partial charge in [0.05, 0.1) is 5.69 Å². The molecule has 0 radical (unpaired) electrons. The van der Waals surface area contributed by atoms with Crippen LogP contribution in [0.1, 0.15) is 47.7 Å². The van der Waals surface area contributed by atoms with Crippen LogP contribution in [0.2, 0.25) is 0 Å². The van der Waals surface area contributed by atoms with Gasteiger partial charge in [0.25, 0.3) is 0 Å². The Hall–Kier alpha value is -1.43. The predicted octanol–water partition coefficient (Wildman–Crippen LogP) is 4.17. The first-order chi connectivity index (χ1) is 12.3. The lowest BCUT2D eigenvalue weighted by atomic mass is 9.85. The van der Waals surface area contributed by atoms with Gasteiger partial charge >= 0.3 is 0 Å². The minimum atomic E-state index is 0. The lowest BCUT2D eigenvalue weighted by molar-refractivity contribution is -0.116. The number of halogens is 1. The van der Waals surface area contributed by atoms with Gasteiger partial charge in [-0.2, -0.15) is 0 Å². The topological polar surface area (TPSA) is 54.0 Å². The molecule has 140 valence electrons. The van der Waals surface area contributed by atoms with Gasteiger partial charge in [-0.1, -0.05) is 30.3 Å². The second-order valence-electron chi connectivity index (χ2n) is 7.18. The van der Waals surface area contributed by atoms with Crippen LogP contribution in [-0.4, -0.2) is 24.0 Å². The first kappa shape index (κ1) is 19.3. The first-order valence-electron chi connectivity index (χ1n) is 9.32. The van der Waals surface area contributed by atoms with Gasteiger partial charge in [-0.25, -0.2) is 4.98 Å². The fourth-order valence-electron chi connectivity index (χ4n) is 3.92. The van der Waals surface area contributed by atoms with Crippen LogP contribution in [0.25, 0.3) is 0 Å². The fourth-order valence-corrected chi connectivity index (χ4v) is 5.02. The van der Waals surface area contributed by atoms with Crippen LogP contribution >= 0.6 is 23.7 Å². The molecule has 0 saturated carbocycles. The molecule has 6 heteroatoms. The van der Waals surface area contributed by atoms with E-state index in [1.165, 1.54) is 22.6 Å². The Morgan fingerprint density at radius 2 is 2.12 bits per heavy atom. The maximum Gasteiger partial charge on any atom is 0.226 e. The molecule has 2 heterocycles. The number of fused-ring (bicyclic) bond motifs is 1. The zero-order valence-corrected chi connectivity index (χ0v) is 16.5. The maximum atomic E-state index is 12.2. The van der Waals surface area contributed by atoms with Gasteiger partial charge in [-0.3, -0.25) is 4.79 Å². The Morgan fingerprint density at radius 3 is 2.88 bits per heavy atom. The van der Waals surface area contributed by atoms with Crippen molar-refractivity contribution in [3.8, 4) is 0 Å². The smallest absolute Gasteiger partial charge is 0.226 e. The van der Waals surface area contributed by atoms with Gasteiger partial charge in [0.1, 0.15) is 0 Å². The zero-order valence-electron chi connectivity index (χ0n) is 14.9. The number of aromatic nitrogens is 1. The van der Waals surface area contributed by atoms with Crippen molar-refractivity contribution in [3.05, 3.63) is 46.5 Å². The number of carbonyl (C=O) groups excluding carboxylic acids is 1. The first-order valence-corrected chi connectivity index (χ1v) is 10.1. The van der Waals surface area contributed by atoms with Crippen LogP contribution < -0.4 is 10.6 Å². The van der Waals surface area contributed by atoms with Gasteiger partial charge < -0.3 is 10.6 Å². The summed E-state index contributed by atoms with van der Waals surface area (Å²) in [5, 5.41) is 7.17. The Bertz CT molecular complexity index is 728. The molecule has 1 aliphatic heterocycles. The predicted molar refractivity (Wildman–Crippen MR) is 109 cm³/mol. The van der Waals surface area contributed by atoms with Crippen LogP contribution in [0.15, 0.2) is 30.3 Å². The van der Waals surface area contributed by atoms with E-state index in [2.05, 4.69) is 45.9 Å². The Labute approximate surface area is 165 Å². The highest BCUT2D eigenvalue weighted by molar-refractivity contribution is 7.15. The van der Waals surface area contributed by atoms with Gasteiger partial charge in [0.2, 0.25) is 5.91 Å². The van der Waals surface area contributed by atoms with Gasteiger partial charge in [-0.15, -0.1) is 23.7 Å². The summed E-state index contributed by atoms with van der Waals surface area (Å²) in [4.78, 5) is 18.2. The minimum absolute atomic E-state index is 0. The van der Waals surface area contributed by atoms with Gasteiger partial charge in [0.15, 0.2) is 5.13 Å². The number of nitrogens with one attached hydrogen (secondary N) is 2. The SMILES string of the molecule is Cl.O=C(CCC1CCNC1)Nc1nc2c(s1)CC(c1ccccc1)CC2. The van der Waals surface area contributed by atoms with Crippen molar-refractivity contribution >= 4 is 34.8 Å². The van der Waals surface area contributed by atoms with Crippen LogP contribution in [-0.2, 0) is 17.6 Å². The average Bonchev–Trinajstić information content (AvgIpc) is 3.29. The number of thiazole rings is 1. The number of hydrogen-bond donors (Lipinski definition) is 2. The lowest BCUT2D eigenvalue weighted by Crippen LogP contribution is -2.15. The van der Waals surface area contributed by atoms with Crippen LogP contribution in [0.4, 0.5) is 5.13 Å². The molecule has 2 aromatic rings. The Balaban J connectivity index is 0.00000196. The molecule has 2 atom stereocenters. The standard InChI is InChI=1S/C20H25N3OS.ClH/c24-19(9-6-14-10-11-21-13-14)23-20-22-17-8-7-16(12-18(17)25-20)15-4-2-1-3-5-15;/h1-5,14,16,21H,6-13H2,(H,22,23,24);1H.